The fourth-order valence-corrected chi connectivity index (χ4v) is 8.03. The van der Waals surface area contributed by atoms with Crippen LogP contribution in [0.15, 0.2) is 42.5 Å². The Morgan fingerprint density at radius 1 is 0.913 bits per heavy atom. The number of carbonyl (C=O) groups excluding carboxylic acids is 3. The summed E-state index contributed by atoms with van der Waals surface area (Å²) < 4.78 is 6.40. The summed E-state index contributed by atoms with van der Waals surface area (Å²) in [6, 6.07) is 12.6. The number of aliphatic carboxylic acids is 1. The van der Waals surface area contributed by atoms with E-state index in [1.54, 1.807) is 4.90 Å². The first kappa shape index (κ1) is 32.5. The van der Waals surface area contributed by atoms with Gasteiger partial charge >= 0.3 is 5.97 Å². The molecule has 2 aromatic carbocycles. The Hall–Kier alpha value is -3.46. The Bertz CT molecular complexity index is 1420. The van der Waals surface area contributed by atoms with Crippen LogP contribution >= 0.6 is 0 Å². The molecule has 9 heteroatoms. The zero-order valence-electron chi connectivity index (χ0n) is 27.0. The Morgan fingerprint density at radius 2 is 1.57 bits per heavy atom. The van der Waals surface area contributed by atoms with Crippen molar-refractivity contribution in [2.24, 2.45) is 17.8 Å². The first-order valence-electron chi connectivity index (χ1n) is 17.5. The lowest BCUT2D eigenvalue weighted by Crippen LogP contribution is -2.58. The number of rotatable bonds is 11. The first-order valence-corrected chi connectivity index (χ1v) is 17.5. The third kappa shape index (κ3) is 7.09. The summed E-state index contributed by atoms with van der Waals surface area (Å²) in [5, 5.41) is 17.9. The van der Waals surface area contributed by atoms with Crippen molar-refractivity contribution in [2.45, 2.75) is 121 Å². The van der Waals surface area contributed by atoms with E-state index in [1.165, 1.54) is 6.42 Å². The van der Waals surface area contributed by atoms with Crippen molar-refractivity contribution < 1.29 is 29.0 Å². The number of fused-ring (bicyclic) bond motifs is 1. The highest BCUT2D eigenvalue weighted by Gasteiger charge is 2.54. The molecule has 9 nitrogen and oxygen atoms in total. The predicted molar refractivity (Wildman–Crippen MR) is 175 cm³/mol. The second-order valence-corrected chi connectivity index (χ2v) is 14.3. The van der Waals surface area contributed by atoms with Crippen LogP contribution in [0, 0.1) is 17.8 Å². The average molecular weight is 632 g/mol. The van der Waals surface area contributed by atoms with Gasteiger partial charge in [-0.1, -0.05) is 87.9 Å². The lowest BCUT2D eigenvalue weighted by atomic mass is 9.79. The van der Waals surface area contributed by atoms with Crippen molar-refractivity contribution >= 4 is 34.5 Å². The van der Waals surface area contributed by atoms with E-state index in [-0.39, 0.29) is 36.6 Å². The molecule has 248 valence electrons. The molecule has 2 aromatic rings. The number of nitrogens with zero attached hydrogens (tertiary/aromatic N) is 1. The van der Waals surface area contributed by atoms with Crippen LogP contribution in [0.2, 0.25) is 0 Å². The van der Waals surface area contributed by atoms with E-state index in [0.717, 1.165) is 74.1 Å². The maximum absolute atomic E-state index is 14.6. The topological polar surface area (TPSA) is 125 Å². The molecule has 1 saturated heterocycles. The van der Waals surface area contributed by atoms with E-state index in [0.29, 0.717) is 25.4 Å². The number of carbonyl (C=O) groups is 4. The van der Waals surface area contributed by atoms with Gasteiger partial charge in [-0.05, 0) is 66.7 Å². The number of carboxylic acids is 1. The fourth-order valence-electron chi connectivity index (χ4n) is 8.03. The number of nitrogens with one attached hydrogen (secondary N) is 2. The van der Waals surface area contributed by atoms with E-state index >= 15 is 0 Å². The van der Waals surface area contributed by atoms with Crippen molar-refractivity contribution in [1.29, 1.82) is 0 Å². The number of benzene rings is 2. The van der Waals surface area contributed by atoms with Gasteiger partial charge in [0.25, 0.3) is 0 Å². The molecular formula is C37H49N3O6. The standard InChI is InChI=1S/C37H49N3O6/c1-24(25-11-4-2-5-12-25)33(41)38-32(27-14-6-3-7-15-27)35(43)40-22-29(21-31(40)34(42)39-37(19-20-37)36(44)45)46-23-28-17-10-16-26-13-8-9-18-30(26)28/h8-10,13,16-18,24-25,27,29,31-32H,2-7,11-12,14-15,19-23H2,1H3,(H,38,41)(H,39,42)(H,44,45). The molecule has 0 aromatic heterocycles. The number of carboxylic acid groups (broad SMARTS) is 1. The SMILES string of the molecule is CC(C(=O)NC(C(=O)N1CC(OCc2cccc3ccccc23)CC1C(=O)NC1(C(=O)O)CC1)C1CCCCC1)C1CCCCC1. The van der Waals surface area contributed by atoms with Crippen LogP contribution in [0.5, 0.6) is 0 Å². The largest absolute Gasteiger partial charge is 0.480 e. The first-order chi connectivity index (χ1) is 22.3. The summed E-state index contributed by atoms with van der Waals surface area (Å²) in [7, 11) is 0. The van der Waals surface area contributed by atoms with Crippen molar-refractivity contribution in [3.8, 4) is 0 Å². The smallest absolute Gasteiger partial charge is 0.329 e. The number of amides is 3. The van der Waals surface area contributed by atoms with Gasteiger partial charge in [0.1, 0.15) is 17.6 Å². The molecule has 3 saturated carbocycles. The zero-order chi connectivity index (χ0) is 32.3. The Kier molecular flexibility index (Phi) is 9.97. The Balaban J connectivity index is 1.22. The van der Waals surface area contributed by atoms with Gasteiger partial charge in [0, 0.05) is 18.9 Å². The summed E-state index contributed by atoms with van der Waals surface area (Å²) >= 11 is 0. The number of likely N-dealkylation sites (tertiary alicyclic amines) is 1. The van der Waals surface area contributed by atoms with Crippen LogP contribution in [0.1, 0.15) is 96.0 Å². The number of hydrogen-bond donors (Lipinski definition) is 3. The third-order valence-corrected chi connectivity index (χ3v) is 11.2. The maximum atomic E-state index is 14.6. The predicted octanol–water partition coefficient (Wildman–Crippen LogP) is 5.34. The molecule has 46 heavy (non-hydrogen) atoms. The fraction of sp³-hybridized carbons (Fsp3) is 0.622. The molecule has 6 rings (SSSR count). The normalized spacial score (nSPS) is 24.7. The van der Waals surface area contributed by atoms with E-state index < -0.39 is 35.6 Å². The molecule has 3 amide bonds. The molecule has 1 heterocycles. The summed E-state index contributed by atoms with van der Waals surface area (Å²) in [5.41, 5.74) is -0.240. The second kappa shape index (κ2) is 14.1. The van der Waals surface area contributed by atoms with Gasteiger partial charge in [-0.15, -0.1) is 0 Å². The molecule has 3 aliphatic carbocycles. The minimum Gasteiger partial charge on any atom is -0.480 e. The molecule has 4 atom stereocenters. The summed E-state index contributed by atoms with van der Waals surface area (Å²) in [5.74, 6) is -1.72. The van der Waals surface area contributed by atoms with Crippen LogP contribution in [0.4, 0.5) is 0 Å². The van der Waals surface area contributed by atoms with Crippen LogP contribution in [0.25, 0.3) is 10.8 Å². The highest BCUT2D eigenvalue weighted by molar-refractivity contribution is 5.96. The van der Waals surface area contributed by atoms with E-state index in [2.05, 4.69) is 28.8 Å². The van der Waals surface area contributed by atoms with Gasteiger partial charge in [-0.3, -0.25) is 14.4 Å². The average Bonchev–Trinajstić information content (AvgIpc) is 3.75. The van der Waals surface area contributed by atoms with E-state index in [9.17, 15) is 24.3 Å². The van der Waals surface area contributed by atoms with Gasteiger partial charge in [0.2, 0.25) is 17.7 Å². The van der Waals surface area contributed by atoms with Gasteiger partial charge in [0.05, 0.1) is 12.7 Å². The summed E-state index contributed by atoms with van der Waals surface area (Å²) in [4.78, 5) is 55.5. The highest BCUT2D eigenvalue weighted by atomic mass is 16.5. The minimum absolute atomic E-state index is 0.00286. The van der Waals surface area contributed by atoms with E-state index in [1.807, 2.05) is 31.2 Å². The van der Waals surface area contributed by atoms with Crippen molar-refractivity contribution in [2.75, 3.05) is 6.54 Å². The molecule has 4 fully saturated rings. The zero-order valence-corrected chi connectivity index (χ0v) is 27.0. The Morgan fingerprint density at radius 3 is 2.24 bits per heavy atom. The van der Waals surface area contributed by atoms with Crippen molar-refractivity contribution in [3.63, 3.8) is 0 Å². The quantitative estimate of drug-likeness (QED) is 0.308. The van der Waals surface area contributed by atoms with Crippen molar-refractivity contribution in [1.82, 2.24) is 15.5 Å². The maximum Gasteiger partial charge on any atom is 0.329 e. The van der Waals surface area contributed by atoms with Gasteiger partial charge in [-0.2, -0.15) is 0 Å². The van der Waals surface area contributed by atoms with Crippen molar-refractivity contribution in [3.05, 3.63) is 48.0 Å². The number of hydrogen-bond acceptors (Lipinski definition) is 5. The van der Waals surface area contributed by atoms with E-state index in [4.69, 9.17) is 4.74 Å². The van der Waals surface area contributed by atoms with Gasteiger partial charge < -0.3 is 25.4 Å². The van der Waals surface area contributed by atoms with Crippen LogP contribution < -0.4 is 10.6 Å². The van der Waals surface area contributed by atoms with Crippen LogP contribution in [-0.2, 0) is 30.5 Å². The molecule has 0 spiro atoms. The second-order valence-electron chi connectivity index (χ2n) is 14.3. The number of ether oxygens (including phenoxy) is 1. The van der Waals surface area contributed by atoms with Gasteiger partial charge in [0.15, 0.2) is 0 Å². The van der Waals surface area contributed by atoms with Crippen LogP contribution in [0.3, 0.4) is 0 Å². The molecule has 0 radical (unpaired) electrons. The van der Waals surface area contributed by atoms with Crippen LogP contribution in [-0.4, -0.2) is 64.0 Å². The van der Waals surface area contributed by atoms with Gasteiger partial charge in [-0.25, -0.2) is 4.79 Å². The Labute approximate surface area is 271 Å². The molecule has 4 unspecified atom stereocenters. The summed E-state index contributed by atoms with van der Waals surface area (Å²) in [6.07, 6.45) is 11.0. The molecule has 4 aliphatic rings. The molecular weight excluding hydrogens is 582 g/mol. The highest BCUT2D eigenvalue weighted by Crippen LogP contribution is 2.37. The lowest BCUT2D eigenvalue weighted by molar-refractivity contribution is -0.146. The third-order valence-electron chi connectivity index (χ3n) is 11.2. The molecule has 1 aliphatic heterocycles. The minimum atomic E-state index is -1.26. The lowest BCUT2D eigenvalue weighted by Gasteiger charge is -2.36. The summed E-state index contributed by atoms with van der Waals surface area (Å²) in [6.45, 7) is 2.51. The monoisotopic (exact) mass is 631 g/mol. The molecule has 3 N–H and O–H groups in total. The molecule has 0 bridgehead atoms.